The lowest BCUT2D eigenvalue weighted by Crippen LogP contribution is -2.49. The quantitative estimate of drug-likeness (QED) is 0.255. The molecule has 3 aromatic carbocycles. The summed E-state index contributed by atoms with van der Waals surface area (Å²) in [6.45, 7) is 2.06. The van der Waals surface area contributed by atoms with Gasteiger partial charge in [0.05, 0.1) is 0 Å². The second-order valence-corrected chi connectivity index (χ2v) is 9.21. The zero-order valence-corrected chi connectivity index (χ0v) is 20.0. The molecule has 2 aliphatic carbocycles. The fourth-order valence-corrected chi connectivity index (χ4v) is 4.80. The fraction of sp³-hybridized carbons (Fsp3) is 0.214. The molecule has 4 N–H and O–H groups in total. The van der Waals surface area contributed by atoms with Crippen LogP contribution in [0.1, 0.15) is 23.1 Å². The third-order valence-corrected chi connectivity index (χ3v) is 7.04. The molecule has 1 atom stereocenters. The Hall–Kier alpha value is -3.21. The largest absolute Gasteiger partial charge is 0.388 e. The molecule has 0 fully saturated rings. The zero-order chi connectivity index (χ0) is 23.0. The molecule has 0 saturated heterocycles. The average molecular weight is 457 g/mol. The third-order valence-electron chi connectivity index (χ3n) is 6.63. The lowest BCUT2D eigenvalue weighted by Gasteiger charge is -2.34. The Kier molecular flexibility index (Phi) is 5.65. The summed E-state index contributed by atoms with van der Waals surface area (Å²) < 4.78 is 0. The van der Waals surface area contributed by atoms with Crippen LogP contribution in [0.25, 0.3) is 11.1 Å². The lowest BCUT2D eigenvalue weighted by atomic mass is 9.99. The van der Waals surface area contributed by atoms with Crippen molar-refractivity contribution in [3.05, 3.63) is 100 Å². The van der Waals surface area contributed by atoms with Gasteiger partial charge < -0.3 is 16.0 Å². The predicted molar refractivity (Wildman–Crippen MR) is 140 cm³/mol. The number of fused-ring (bicyclic) bond motifs is 3. The highest BCUT2D eigenvalue weighted by Crippen LogP contribution is 2.40. The molecule has 0 heterocycles. The maximum atomic E-state index is 6.35. The zero-order valence-electron chi connectivity index (χ0n) is 19.2. The van der Waals surface area contributed by atoms with Crippen LogP contribution >= 0.6 is 11.6 Å². The van der Waals surface area contributed by atoms with Crippen LogP contribution in [0.3, 0.4) is 0 Å². The topological polar surface area (TPSA) is 48.1 Å². The highest BCUT2D eigenvalue weighted by molar-refractivity contribution is 6.31. The van der Waals surface area contributed by atoms with Crippen LogP contribution in [-0.2, 0) is 6.42 Å². The first-order chi connectivity index (χ1) is 16.0. The van der Waals surface area contributed by atoms with E-state index in [9.17, 15) is 0 Å². The van der Waals surface area contributed by atoms with Gasteiger partial charge in [-0.05, 0) is 109 Å². The second-order valence-electron chi connectivity index (χ2n) is 8.80. The van der Waals surface area contributed by atoms with Gasteiger partial charge in [-0.15, -0.1) is 0 Å². The highest BCUT2D eigenvalue weighted by Gasteiger charge is 2.26. The van der Waals surface area contributed by atoms with Crippen molar-refractivity contribution in [1.29, 1.82) is 0 Å². The van der Waals surface area contributed by atoms with E-state index in [4.69, 9.17) is 11.6 Å². The van der Waals surface area contributed by atoms with Gasteiger partial charge in [0.2, 0.25) is 0 Å². The van der Waals surface area contributed by atoms with Gasteiger partial charge in [0.25, 0.3) is 0 Å². The molecule has 4 nitrogen and oxygen atoms in total. The summed E-state index contributed by atoms with van der Waals surface area (Å²) in [5.74, 6) is 0. The lowest BCUT2D eigenvalue weighted by molar-refractivity contribution is 0.493. The van der Waals surface area contributed by atoms with Gasteiger partial charge >= 0.3 is 0 Å². The van der Waals surface area contributed by atoms with E-state index in [1.807, 2.05) is 14.1 Å². The summed E-state index contributed by atoms with van der Waals surface area (Å²) >= 11 is 6.35. The van der Waals surface area contributed by atoms with Crippen LogP contribution in [0.4, 0.5) is 17.1 Å². The molecule has 5 rings (SSSR count). The van der Waals surface area contributed by atoms with Crippen molar-refractivity contribution in [2.75, 3.05) is 24.7 Å². The molecule has 5 heteroatoms. The van der Waals surface area contributed by atoms with Crippen LogP contribution in [0.2, 0.25) is 5.02 Å². The van der Waals surface area contributed by atoms with Gasteiger partial charge in [-0.25, -0.2) is 0 Å². The van der Waals surface area contributed by atoms with Crippen molar-refractivity contribution in [2.24, 2.45) is 0 Å². The van der Waals surface area contributed by atoms with Crippen molar-refractivity contribution in [3.8, 4) is 11.1 Å². The van der Waals surface area contributed by atoms with Crippen molar-refractivity contribution in [2.45, 2.75) is 25.4 Å². The molecule has 2 aliphatic rings. The highest BCUT2D eigenvalue weighted by atomic mass is 35.5. The first-order valence-corrected chi connectivity index (χ1v) is 11.7. The Labute approximate surface area is 200 Å². The van der Waals surface area contributed by atoms with Gasteiger partial charge in [-0.1, -0.05) is 23.7 Å². The standard InChI is InChI=1S/C28H29ClN4/c1-18-14-25-20(16-27(18)29)15-19-4-5-24(17-26(19)25)32-22-6-8-23(9-7-22)33-28(31-3)12-10-21(30-2)11-13-28/h4-12,14,16-17,30-33H,13,15H2,1-3H3. The number of allylic oxidation sites excluding steroid dienone is 1. The first-order valence-electron chi connectivity index (χ1n) is 11.3. The fourth-order valence-electron chi connectivity index (χ4n) is 4.61. The molecule has 0 spiro atoms. The maximum absolute atomic E-state index is 6.35. The van der Waals surface area contributed by atoms with Gasteiger partial charge in [-0.2, -0.15) is 0 Å². The Morgan fingerprint density at radius 1 is 0.848 bits per heavy atom. The summed E-state index contributed by atoms with van der Waals surface area (Å²) in [7, 11) is 3.92. The SMILES string of the molecule is CNC1=CCC(NC)(Nc2ccc(Nc3ccc4c(c3)-c3cc(C)c(Cl)cc3C4)cc2)C=C1. The van der Waals surface area contributed by atoms with E-state index in [1.165, 1.54) is 22.3 Å². The Balaban J connectivity index is 1.31. The van der Waals surface area contributed by atoms with Crippen molar-refractivity contribution >= 4 is 28.7 Å². The summed E-state index contributed by atoms with van der Waals surface area (Å²) in [6, 6.07) is 19.4. The van der Waals surface area contributed by atoms with E-state index in [1.54, 1.807) is 0 Å². The molecule has 3 aromatic rings. The number of benzene rings is 3. The van der Waals surface area contributed by atoms with E-state index >= 15 is 0 Å². The number of halogens is 1. The van der Waals surface area contributed by atoms with Gasteiger partial charge in [0, 0.05) is 41.3 Å². The van der Waals surface area contributed by atoms with Gasteiger partial charge in [0.1, 0.15) is 5.66 Å². The number of hydrogen-bond donors (Lipinski definition) is 4. The van der Waals surface area contributed by atoms with Crippen LogP contribution in [0.5, 0.6) is 0 Å². The predicted octanol–water partition coefficient (Wildman–Crippen LogP) is 6.35. The molecule has 33 heavy (non-hydrogen) atoms. The van der Waals surface area contributed by atoms with E-state index in [0.717, 1.165) is 46.2 Å². The summed E-state index contributed by atoms with van der Waals surface area (Å²) in [4.78, 5) is 0. The minimum atomic E-state index is -0.288. The third kappa shape index (κ3) is 4.24. The smallest absolute Gasteiger partial charge is 0.111 e. The van der Waals surface area contributed by atoms with Crippen LogP contribution in [-0.4, -0.2) is 19.8 Å². The number of hydrogen-bond acceptors (Lipinski definition) is 4. The van der Waals surface area contributed by atoms with Crippen molar-refractivity contribution in [1.82, 2.24) is 10.6 Å². The Morgan fingerprint density at radius 3 is 2.27 bits per heavy atom. The minimum Gasteiger partial charge on any atom is -0.388 e. The average Bonchev–Trinajstić information content (AvgIpc) is 3.17. The molecule has 1 unspecified atom stereocenters. The number of likely N-dealkylation sites (N-methyl/N-ethyl adjacent to an activating group) is 2. The molecule has 0 aromatic heterocycles. The maximum Gasteiger partial charge on any atom is 0.111 e. The summed E-state index contributed by atoms with van der Waals surface area (Å²) in [5, 5.41) is 14.6. The van der Waals surface area contributed by atoms with Crippen LogP contribution < -0.4 is 21.3 Å². The van der Waals surface area contributed by atoms with Gasteiger partial charge in [-0.3, -0.25) is 5.32 Å². The monoisotopic (exact) mass is 456 g/mol. The first kappa shape index (κ1) is 21.6. The van der Waals surface area contributed by atoms with E-state index in [2.05, 4.69) is 101 Å². The molecule has 0 amide bonds. The second kappa shape index (κ2) is 8.62. The number of anilines is 3. The van der Waals surface area contributed by atoms with Gasteiger partial charge in [0.15, 0.2) is 0 Å². The van der Waals surface area contributed by atoms with Crippen LogP contribution in [0.15, 0.2) is 78.5 Å². The normalized spacial score (nSPS) is 18.4. The molecular formula is C28H29ClN4. The molecule has 0 bridgehead atoms. The Bertz CT molecular complexity index is 1260. The molecule has 168 valence electrons. The van der Waals surface area contributed by atoms with Crippen molar-refractivity contribution < 1.29 is 0 Å². The minimum absolute atomic E-state index is 0.288. The Morgan fingerprint density at radius 2 is 1.58 bits per heavy atom. The summed E-state index contributed by atoms with van der Waals surface area (Å²) in [5.41, 5.74) is 10.4. The van der Waals surface area contributed by atoms with Crippen molar-refractivity contribution in [3.63, 3.8) is 0 Å². The van der Waals surface area contributed by atoms with E-state index < -0.39 is 0 Å². The van der Waals surface area contributed by atoms with Crippen LogP contribution in [0, 0.1) is 6.92 Å². The molecular weight excluding hydrogens is 428 g/mol. The number of nitrogens with one attached hydrogen (secondary N) is 4. The number of aryl methyl sites for hydroxylation is 1. The molecule has 0 radical (unpaired) electrons. The van der Waals surface area contributed by atoms with E-state index in [0.29, 0.717) is 0 Å². The molecule has 0 saturated carbocycles. The van der Waals surface area contributed by atoms with E-state index in [-0.39, 0.29) is 5.66 Å². The molecule has 0 aliphatic heterocycles. The number of rotatable bonds is 6. The summed E-state index contributed by atoms with van der Waals surface area (Å²) in [6.07, 6.45) is 8.27.